The van der Waals surface area contributed by atoms with E-state index < -0.39 is 10.5 Å². The van der Waals surface area contributed by atoms with Gasteiger partial charge in [-0.3, -0.25) is 19.7 Å². The van der Waals surface area contributed by atoms with E-state index >= 15 is 0 Å². The highest BCUT2D eigenvalue weighted by Crippen LogP contribution is 2.19. The Labute approximate surface area is 127 Å². The van der Waals surface area contributed by atoms with Crippen LogP contribution in [0.1, 0.15) is 19.4 Å². The molecule has 1 aliphatic rings. The summed E-state index contributed by atoms with van der Waals surface area (Å²) in [4.78, 5) is 35.7. The first-order valence-corrected chi connectivity index (χ1v) is 6.85. The van der Waals surface area contributed by atoms with E-state index in [1.54, 1.807) is 32.1 Å². The molecule has 1 saturated heterocycles. The molecule has 1 N–H and O–H groups in total. The van der Waals surface area contributed by atoms with Crippen LogP contribution < -0.4 is 5.32 Å². The van der Waals surface area contributed by atoms with Crippen LogP contribution in [0, 0.1) is 10.1 Å². The second kappa shape index (κ2) is 5.97. The number of benzene rings is 1. The summed E-state index contributed by atoms with van der Waals surface area (Å²) in [6.45, 7) is 4.26. The quantitative estimate of drug-likeness (QED) is 0.518. The van der Waals surface area contributed by atoms with E-state index in [1.165, 1.54) is 23.1 Å². The van der Waals surface area contributed by atoms with Gasteiger partial charge in [0.15, 0.2) is 0 Å². The average molecular weight is 303 g/mol. The number of rotatable bonds is 3. The molecule has 0 atom stereocenters. The number of nitrogens with one attached hydrogen (secondary N) is 1. The van der Waals surface area contributed by atoms with E-state index in [-0.39, 0.29) is 17.5 Å². The number of hydrogen-bond donors (Lipinski definition) is 1. The molecule has 2 amide bonds. The molecule has 0 bridgehead atoms. The lowest BCUT2D eigenvalue weighted by molar-refractivity contribution is -0.384. The van der Waals surface area contributed by atoms with Crippen molar-refractivity contribution in [3.63, 3.8) is 0 Å². The van der Waals surface area contributed by atoms with Crippen molar-refractivity contribution in [2.75, 3.05) is 13.1 Å². The number of non-ortho nitro benzene ring substituents is 1. The van der Waals surface area contributed by atoms with Crippen LogP contribution in [-0.2, 0) is 9.59 Å². The first-order valence-electron chi connectivity index (χ1n) is 6.85. The van der Waals surface area contributed by atoms with Gasteiger partial charge in [0.25, 0.3) is 5.69 Å². The maximum absolute atomic E-state index is 12.3. The first-order chi connectivity index (χ1) is 10.3. The number of piperazine rings is 1. The zero-order chi connectivity index (χ0) is 16.3. The summed E-state index contributed by atoms with van der Waals surface area (Å²) >= 11 is 0. The van der Waals surface area contributed by atoms with Crippen molar-refractivity contribution in [3.8, 4) is 0 Å². The molecule has 1 aromatic rings. The fourth-order valence-electron chi connectivity index (χ4n) is 2.25. The minimum atomic E-state index is -0.894. The van der Waals surface area contributed by atoms with Crippen molar-refractivity contribution < 1.29 is 14.5 Å². The third-order valence-corrected chi connectivity index (χ3v) is 3.64. The number of carbonyl (C=O) groups excluding carboxylic acids is 2. The van der Waals surface area contributed by atoms with Gasteiger partial charge in [0.1, 0.15) is 5.54 Å². The van der Waals surface area contributed by atoms with Gasteiger partial charge in [0.05, 0.1) is 4.92 Å². The van der Waals surface area contributed by atoms with Crippen LogP contribution in [0.4, 0.5) is 5.69 Å². The normalized spacial score (nSPS) is 17.4. The Morgan fingerprint density at radius 1 is 1.36 bits per heavy atom. The van der Waals surface area contributed by atoms with Crippen LogP contribution in [0.2, 0.25) is 0 Å². The highest BCUT2D eigenvalue weighted by molar-refractivity contribution is 5.97. The molecule has 1 fully saturated rings. The maximum Gasteiger partial charge on any atom is 0.269 e. The minimum Gasteiger partial charge on any atom is -0.352 e. The Balaban J connectivity index is 2.10. The van der Waals surface area contributed by atoms with Crippen LogP contribution in [0.15, 0.2) is 30.3 Å². The van der Waals surface area contributed by atoms with Crippen LogP contribution in [0.5, 0.6) is 0 Å². The van der Waals surface area contributed by atoms with Gasteiger partial charge >= 0.3 is 0 Å². The van der Waals surface area contributed by atoms with Gasteiger partial charge in [-0.1, -0.05) is 0 Å². The van der Waals surface area contributed by atoms with Gasteiger partial charge in [-0.25, -0.2) is 0 Å². The van der Waals surface area contributed by atoms with Crippen molar-refractivity contribution in [3.05, 3.63) is 46.0 Å². The molecule has 1 heterocycles. The molecule has 116 valence electrons. The molecule has 7 nitrogen and oxygen atoms in total. The predicted molar refractivity (Wildman–Crippen MR) is 80.9 cm³/mol. The van der Waals surface area contributed by atoms with Gasteiger partial charge in [-0.2, -0.15) is 0 Å². The van der Waals surface area contributed by atoms with E-state index in [0.29, 0.717) is 18.7 Å². The van der Waals surface area contributed by atoms with Crippen molar-refractivity contribution in [2.45, 2.75) is 19.4 Å². The summed E-state index contributed by atoms with van der Waals surface area (Å²) in [7, 11) is 0. The molecule has 22 heavy (non-hydrogen) atoms. The number of amides is 2. The molecule has 0 aliphatic carbocycles. The topological polar surface area (TPSA) is 92.6 Å². The third kappa shape index (κ3) is 3.13. The number of hydrogen-bond acceptors (Lipinski definition) is 4. The first kappa shape index (κ1) is 15.7. The van der Waals surface area contributed by atoms with Crippen LogP contribution in [-0.4, -0.2) is 40.3 Å². The zero-order valence-corrected chi connectivity index (χ0v) is 12.4. The zero-order valence-electron chi connectivity index (χ0n) is 12.4. The fourth-order valence-corrected chi connectivity index (χ4v) is 2.25. The molecule has 0 radical (unpaired) electrons. The molecule has 2 rings (SSSR count). The fraction of sp³-hybridized carbons (Fsp3) is 0.333. The largest absolute Gasteiger partial charge is 0.352 e. The number of nitro benzene ring substituents is 1. The van der Waals surface area contributed by atoms with Crippen LogP contribution >= 0.6 is 0 Å². The van der Waals surface area contributed by atoms with Crippen molar-refractivity contribution in [1.29, 1.82) is 0 Å². The molecule has 0 spiro atoms. The molecule has 7 heteroatoms. The Hall–Kier alpha value is -2.70. The smallest absolute Gasteiger partial charge is 0.269 e. The van der Waals surface area contributed by atoms with Crippen molar-refractivity contribution in [2.24, 2.45) is 0 Å². The maximum atomic E-state index is 12.3. The van der Waals surface area contributed by atoms with Crippen LogP contribution in [0.25, 0.3) is 6.08 Å². The molecule has 0 saturated carbocycles. The van der Waals surface area contributed by atoms with Gasteiger partial charge < -0.3 is 10.2 Å². The Kier molecular flexibility index (Phi) is 4.25. The Morgan fingerprint density at radius 3 is 2.59 bits per heavy atom. The second-order valence-corrected chi connectivity index (χ2v) is 5.49. The Morgan fingerprint density at radius 2 is 2.00 bits per heavy atom. The van der Waals surface area contributed by atoms with E-state index in [1.807, 2.05) is 0 Å². The predicted octanol–water partition coefficient (Wildman–Crippen LogP) is 1.34. The molecule has 0 aromatic heterocycles. The van der Waals surface area contributed by atoms with Crippen molar-refractivity contribution in [1.82, 2.24) is 10.2 Å². The van der Waals surface area contributed by atoms with Gasteiger partial charge in [0.2, 0.25) is 11.8 Å². The Bertz CT molecular complexity index is 635. The standard InChI is InChI=1S/C15H17N3O4/c1-15(2)14(20)16-9-10-17(15)13(19)8-5-11-3-6-12(7-4-11)18(21)22/h3-8H,9-10H2,1-2H3,(H,16,20)/b8-5+. The number of carbonyl (C=O) groups is 2. The molecule has 1 aromatic carbocycles. The lowest BCUT2D eigenvalue weighted by atomic mass is 9.98. The lowest BCUT2D eigenvalue weighted by Crippen LogP contribution is -2.63. The summed E-state index contributed by atoms with van der Waals surface area (Å²) in [5.74, 6) is -0.450. The molecule has 1 aliphatic heterocycles. The lowest BCUT2D eigenvalue weighted by Gasteiger charge is -2.40. The molecular formula is C15H17N3O4. The van der Waals surface area contributed by atoms with E-state index in [0.717, 1.165) is 0 Å². The SMILES string of the molecule is CC1(C)C(=O)NCCN1C(=O)/C=C/c1ccc([N+](=O)[O-])cc1. The second-order valence-electron chi connectivity index (χ2n) is 5.49. The van der Waals surface area contributed by atoms with E-state index in [4.69, 9.17) is 0 Å². The van der Waals surface area contributed by atoms with Gasteiger partial charge in [-0.05, 0) is 37.6 Å². The third-order valence-electron chi connectivity index (χ3n) is 3.64. The van der Waals surface area contributed by atoms with Crippen LogP contribution in [0.3, 0.4) is 0 Å². The minimum absolute atomic E-state index is 0.00249. The number of nitro groups is 1. The summed E-state index contributed by atoms with van der Waals surface area (Å²) in [6.07, 6.45) is 2.95. The van der Waals surface area contributed by atoms with Gasteiger partial charge in [0, 0.05) is 31.3 Å². The average Bonchev–Trinajstić information content (AvgIpc) is 2.48. The summed E-state index contributed by atoms with van der Waals surface area (Å²) in [6, 6.07) is 5.89. The van der Waals surface area contributed by atoms with Crippen molar-refractivity contribution >= 4 is 23.6 Å². The highest BCUT2D eigenvalue weighted by Gasteiger charge is 2.39. The van der Waals surface area contributed by atoms with E-state index in [2.05, 4.69) is 5.32 Å². The monoisotopic (exact) mass is 303 g/mol. The van der Waals surface area contributed by atoms with Gasteiger partial charge in [-0.15, -0.1) is 0 Å². The highest BCUT2D eigenvalue weighted by atomic mass is 16.6. The number of nitrogens with zero attached hydrogens (tertiary/aromatic N) is 2. The summed E-state index contributed by atoms with van der Waals surface area (Å²) in [5.41, 5.74) is -0.217. The summed E-state index contributed by atoms with van der Waals surface area (Å²) in [5, 5.41) is 13.3. The van der Waals surface area contributed by atoms with E-state index in [9.17, 15) is 19.7 Å². The molecule has 0 unspecified atom stereocenters. The molecular weight excluding hydrogens is 286 g/mol. The summed E-state index contributed by atoms with van der Waals surface area (Å²) < 4.78 is 0.